The lowest BCUT2D eigenvalue weighted by Gasteiger charge is -2.37. The largest absolute Gasteiger partial charge is 0.496 e. The van der Waals surface area contributed by atoms with E-state index in [1.54, 1.807) is 22.6 Å². The number of hydrogen-bond acceptors (Lipinski definition) is 5. The number of nitrogens with zero attached hydrogens (tertiary/aromatic N) is 2. The number of likely N-dealkylation sites (tertiary alicyclic amines) is 1. The summed E-state index contributed by atoms with van der Waals surface area (Å²) in [6.45, 7) is 0.162. The average Bonchev–Trinajstić information content (AvgIpc) is 3.35. The normalized spacial score (nSPS) is 27.1. The van der Waals surface area contributed by atoms with Gasteiger partial charge in [0.15, 0.2) is 0 Å². The molecule has 3 heterocycles. The molecule has 4 atom stereocenters. The second-order valence-corrected chi connectivity index (χ2v) is 10.7. The minimum absolute atomic E-state index is 0.0179. The maximum atomic E-state index is 13.7. The van der Waals surface area contributed by atoms with E-state index in [9.17, 15) is 19.5 Å². The number of nitrogens with one attached hydrogen (secondary N) is 1. The van der Waals surface area contributed by atoms with E-state index in [-0.39, 0.29) is 41.9 Å². The Hall–Kier alpha value is -3.13. The molecule has 0 bridgehead atoms. The Bertz CT molecular complexity index is 1250. The summed E-state index contributed by atoms with van der Waals surface area (Å²) in [7, 11) is 1.58. The SMILES string of the molecule is COc1ccccc1-c1ccc2n(c1=O)C[C@H]1[C@H](CO)[C@@H](C(=O)NC3CCC3)N(C(=O)C3CCC3)[C@@H]21. The molecule has 6 rings (SSSR count). The van der Waals surface area contributed by atoms with Crippen molar-refractivity contribution in [3.63, 3.8) is 0 Å². The fourth-order valence-corrected chi connectivity index (χ4v) is 6.51. The van der Waals surface area contributed by atoms with Crippen LogP contribution in [0.4, 0.5) is 0 Å². The summed E-state index contributed by atoms with van der Waals surface area (Å²) in [5.74, 6) is -0.271. The molecular weight excluding hydrogens is 458 g/mol. The number of fused-ring (bicyclic) bond motifs is 3. The molecule has 8 heteroatoms. The fraction of sp³-hybridized carbons (Fsp3) is 0.536. The highest BCUT2D eigenvalue weighted by atomic mass is 16.5. The molecule has 36 heavy (non-hydrogen) atoms. The zero-order chi connectivity index (χ0) is 25.0. The zero-order valence-corrected chi connectivity index (χ0v) is 20.6. The highest BCUT2D eigenvalue weighted by Gasteiger charge is 2.58. The van der Waals surface area contributed by atoms with Crippen LogP contribution in [0.3, 0.4) is 0 Å². The Morgan fingerprint density at radius 1 is 1.06 bits per heavy atom. The van der Waals surface area contributed by atoms with Gasteiger partial charge >= 0.3 is 0 Å². The Morgan fingerprint density at radius 2 is 1.81 bits per heavy atom. The lowest BCUT2D eigenvalue weighted by molar-refractivity contribution is -0.147. The third kappa shape index (κ3) is 3.49. The van der Waals surface area contributed by atoms with Crippen LogP contribution in [0.15, 0.2) is 41.2 Å². The first-order chi connectivity index (χ1) is 17.5. The topological polar surface area (TPSA) is 101 Å². The van der Waals surface area contributed by atoms with E-state index in [0.717, 1.165) is 49.8 Å². The molecule has 0 spiro atoms. The average molecular weight is 492 g/mol. The first-order valence-electron chi connectivity index (χ1n) is 13.1. The van der Waals surface area contributed by atoms with Crippen molar-refractivity contribution in [3.8, 4) is 16.9 Å². The maximum absolute atomic E-state index is 13.7. The van der Waals surface area contributed by atoms with Gasteiger partial charge in [0.25, 0.3) is 5.56 Å². The van der Waals surface area contributed by atoms with Crippen LogP contribution in [0.25, 0.3) is 11.1 Å². The summed E-state index contributed by atoms with van der Waals surface area (Å²) in [4.78, 5) is 42.7. The van der Waals surface area contributed by atoms with E-state index >= 15 is 0 Å². The van der Waals surface area contributed by atoms with Gasteiger partial charge in [0.1, 0.15) is 11.8 Å². The smallest absolute Gasteiger partial charge is 0.258 e. The van der Waals surface area contributed by atoms with Crippen LogP contribution in [0.1, 0.15) is 50.3 Å². The lowest BCUT2D eigenvalue weighted by Crippen LogP contribution is -2.55. The summed E-state index contributed by atoms with van der Waals surface area (Å²) in [5.41, 5.74) is 1.85. The second kappa shape index (κ2) is 9.07. The van der Waals surface area contributed by atoms with E-state index in [1.165, 1.54) is 0 Å². The van der Waals surface area contributed by atoms with E-state index in [1.807, 2.05) is 30.3 Å². The number of carbonyl (C=O) groups excluding carboxylic acids is 2. The van der Waals surface area contributed by atoms with Gasteiger partial charge in [-0.15, -0.1) is 0 Å². The van der Waals surface area contributed by atoms with Crippen LogP contribution in [0, 0.1) is 17.8 Å². The first kappa shape index (κ1) is 23.3. The van der Waals surface area contributed by atoms with Crippen LogP contribution in [0.2, 0.25) is 0 Å². The molecule has 1 aromatic heterocycles. The van der Waals surface area contributed by atoms with Crippen molar-refractivity contribution in [1.29, 1.82) is 0 Å². The fourth-order valence-electron chi connectivity index (χ4n) is 6.51. The van der Waals surface area contributed by atoms with E-state index in [4.69, 9.17) is 4.74 Å². The number of para-hydroxylation sites is 1. The monoisotopic (exact) mass is 491 g/mol. The van der Waals surface area contributed by atoms with Crippen LogP contribution in [0.5, 0.6) is 5.75 Å². The van der Waals surface area contributed by atoms with Gasteiger partial charge in [-0.1, -0.05) is 24.6 Å². The van der Waals surface area contributed by atoms with Gasteiger partial charge in [0.05, 0.1) is 18.7 Å². The molecule has 1 aromatic carbocycles. The molecular formula is C28H33N3O5. The van der Waals surface area contributed by atoms with Gasteiger partial charge in [0, 0.05) is 48.2 Å². The maximum Gasteiger partial charge on any atom is 0.258 e. The van der Waals surface area contributed by atoms with Gasteiger partial charge < -0.3 is 24.6 Å². The van der Waals surface area contributed by atoms with Crippen molar-refractivity contribution in [2.24, 2.45) is 17.8 Å². The standard InChI is InChI=1S/C28H33N3O5/c1-36-23-11-3-2-10-18(23)19-12-13-22-24-20(14-30(22)28(19)35)21(15-32)25(26(33)29-17-8-5-9-17)31(24)27(34)16-6-4-7-16/h2-3,10-13,16-17,20-21,24-25,32H,4-9,14-15H2,1H3,(H,29,33)/t20-,21-,24+,25-/m0/s1. The van der Waals surface area contributed by atoms with Crippen LogP contribution in [-0.4, -0.2) is 52.2 Å². The van der Waals surface area contributed by atoms with Crippen molar-refractivity contribution in [2.75, 3.05) is 13.7 Å². The number of carbonyl (C=O) groups is 2. The van der Waals surface area contributed by atoms with Gasteiger partial charge in [-0.2, -0.15) is 0 Å². The molecule has 2 N–H and O–H groups in total. The number of rotatable bonds is 6. The van der Waals surface area contributed by atoms with Gasteiger partial charge in [-0.25, -0.2) is 0 Å². The molecule has 0 unspecified atom stereocenters. The molecule has 2 aliphatic carbocycles. The van der Waals surface area contributed by atoms with Gasteiger partial charge in [-0.05, 0) is 50.3 Å². The quantitative estimate of drug-likeness (QED) is 0.647. The Balaban J connectivity index is 1.41. The van der Waals surface area contributed by atoms with E-state index < -0.39 is 18.0 Å². The Kier molecular flexibility index (Phi) is 5.86. The molecule has 8 nitrogen and oxygen atoms in total. The first-order valence-corrected chi connectivity index (χ1v) is 13.1. The third-order valence-electron chi connectivity index (χ3n) is 8.90. The molecule has 190 valence electrons. The number of hydrogen-bond donors (Lipinski definition) is 2. The number of aliphatic hydroxyl groups excluding tert-OH is 1. The number of amides is 2. The van der Waals surface area contributed by atoms with Crippen LogP contribution in [-0.2, 0) is 16.1 Å². The van der Waals surface area contributed by atoms with Crippen molar-refractivity contribution < 1.29 is 19.4 Å². The number of methoxy groups -OCH3 is 1. The highest BCUT2D eigenvalue weighted by Crippen LogP contribution is 2.51. The van der Waals surface area contributed by atoms with Crippen molar-refractivity contribution in [1.82, 2.24) is 14.8 Å². The van der Waals surface area contributed by atoms with Crippen molar-refractivity contribution >= 4 is 11.8 Å². The van der Waals surface area contributed by atoms with Crippen molar-refractivity contribution in [2.45, 2.75) is 63.2 Å². The molecule has 3 fully saturated rings. The molecule has 4 aliphatic rings. The lowest BCUT2D eigenvalue weighted by atomic mass is 9.83. The van der Waals surface area contributed by atoms with Crippen LogP contribution >= 0.6 is 0 Å². The summed E-state index contributed by atoms with van der Waals surface area (Å²) in [5, 5.41) is 13.6. The van der Waals surface area contributed by atoms with Gasteiger partial charge in [-0.3, -0.25) is 14.4 Å². The number of benzene rings is 1. The predicted molar refractivity (Wildman–Crippen MR) is 133 cm³/mol. The summed E-state index contributed by atoms with van der Waals surface area (Å²) >= 11 is 0. The summed E-state index contributed by atoms with van der Waals surface area (Å²) in [6, 6.07) is 10.2. The minimum Gasteiger partial charge on any atom is -0.496 e. The number of pyridine rings is 1. The third-order valence-corrected chi connectivity index (χ3v) is 8.90. The second-order valence-electron chi connectivity index (χ2n) is 10.7. The molecule has 2 saturated carbocycles. The molecule has 2 aromatic rings. The number of aromatic nitrogens is 1. The van der Waals surface area contributed by atoms with Crippen molar-refractivity contribution in [3.05, 3.63) is 52.4 Å². The summed E-state index contributed by atoms with van der Waals surface area (Å²) < 4.78 is 7.22. The van der Waals surface area contributed by atoms with E-state index in [2.05, 4.69) is 5.32 Å². The summed E-state index contributed by atoms with van der Waals surface area (Å²) in [6.07, 6.45) is 5.67. The highest BCUT2D eigenvalue weighted by molar-refractivity contribution is 5.90. The van der Waals surface area contributed by atoms with Crippen LogP contribution < -0.4 is 15.6 Å². The molecule has 1 saturated heterocycles. The Morgan fingerprint density at radius 3 is 2.44 bits per heavy atom. The number of aliphatic hydroxyl groups is 1. The minimum atomic E-state index is -0.712. The molecule has 2 aliphatic heterocycles. The number of ether oxygens (including phenoxy) is 1. The van der Waals surface area contributed by atoms with E-state index in [0.29, 0.717) is 17.9 Å². The predicted octanol–water partition coefficient (Wildman–Crippen LogP) is 2.48. The molecule has 0 radical (unpaired) electrons. The zero-order valence-electron chi connectivity index (χ0n) is 20.6. The Labute approximate surface area is 210 Å². The van der Waals surface area contributed by atoms with Gasteiger partial charge in [0.2, 0.25) is 11.8 Å². The molecule has 2 amide bonds.